The van der Waals surface area contributed by atoms with Gasteiger partial charge in [-0.25, -0.2) is 0 Å². The molecule has 0 heterocycles. The van der Waals surface area contributed by atoms with Crippen LogP contribution in [0.2, 0.25) is 0 Å². The molecule has 0 spiro atoms. The van der Waals surface area contributed by atoms with E-state index in [4.69, 9.17) is 4.74 Å². The molecule has 0 saturated heterocycles. The first-order valence-corrected chi connectivity index (χ1v) is 8.78. The van der Waals surface area contributed by atoms with Crippen LogP contribution in [0.5, 0.6) is 5.75 Å². The summed E-state index contributed by atoms with van der Waals surface area (Å²) in [7, 11) is 0. The van der Waals surface area contributed by atoms with E-state index in [2.05, 4.69) is 45.0 Å². The SMILES string of the molecule is CC.CCC1c2cccc3c(OC(C)=O)ccc(c23)C1C(C)C. The molecule has 2 unspecified atom stereocenters. The van der Waals surface area contributed by atoms with Crippen LogP contribution in [0, 0.1) is 5.92 Å². The van der Waals surface area contributed by atoms with E-state index in [0.29, 0.717) is 23.5 Å². The highest BCUT2D eigenvalue weighted by Crippen LogP contribution is 2.52. The van der Waals surface area contributed by atoms with Gasteiger partial charge in [0.25, 0.3) is 0 Å². The molecular weight excluding hydrogens is 284 g/mol. The van der Waals surface area contributed by atoms with E-state index in [1.807, 2.05) is 19.9 Å². The fourth-order valence-electron chi connectivity index (χ4n) is 3.97. The molecule has 0 aliphatic heterocycles. The second-order valence-corrected chi connectivity index (χ2v) is 6.30. The lowest BCUT2D eigenvalue weighted by atomic mass is 9.80. The Morgan fingerprint density at radius 1 is 1.13 bits per heavy atom. The van der Waals surface area contributed by atoms with Gasteiger partial charge in [0.15, 0.2) is 0 Å². The summed E-state index contributed by atoms with van der Waals surface area (Å²) >= 11 is 0. The third kappa shape index (κ3) is 2.99. The van der Waals surface area contributed by atoms with Gasteiger partial charge in [0, 0.05) is 12.3 Å². The Kier molecular flexibility index (Phi) is 5.46. The first-order valence-electron chi connectivity index (χ1n) is 8.78. The van der Waals surface area contributed by atoms with Gasteiger partial charge in [0.1, 0.15) is 5.75 Å². The normalized spacial score (nSPS) is 18.7. The third-order valence-corrected chi connectivity index (χ3v) is 4.67. The topological polar surface area (TPSA) is 26.3 Å². The van der Waals surface area contributed by atoms with Crippen molar-refractivity contribution < 1.29 is 9.53 Å². The minimum absolute atomic E-state index is 0.263. The highest BCUT2D eigenvalue weighted by Gasteiger charge is 2.35. The van der Waals surface area contributed by atoms with Crippen LogP contribution >= 0.6 is 0 Å². The van der Waals surface area contributed by atoms with Gasteiger partial charge < -0.3 is 4.74 Å². The van der Waals surface area contributed by atoms with Gasteiger partial charge >= 0.3 is 5.97 Å². The van der Waals surface area contributed by atoms with E-state index >= 15 is 0 Å². The lowest BCUT2D eigenvalue weighted by Gasteiger charge is -2.24. The van der Waals surface area contributed by atoms with Crippen molar-refractivity contribution in [3.8, 4) is 5.75 Å². The molecule has 1 aliphatic rings. The van der Waals surface area contributed by atoms with Crippen molar-refractivity contribution in [3.05, 3.63) is 41.5 Å². The van der Waals surface area contributed by atoms with Gasteiger partial charge in [-0.3, -0.25) is 4.79 Å². The van der Waals surface area contributed by atoms with Gasteiger partial charge in [-0.2, -0.15) is 0 Å². The molecule has 2 atom stereocenters. The Bertz CT molecular complexity index is 700. The molecule has 2 heteroatoms. The lowest BCUT2D eigenvalue weighted by Crippen LogP contribution is -2.11. The first-order chi connectivity index (χ1) is 11.0. The molecule has 0 bridgehead atoms. The number of ether oxygens (including phenoxy) is 1. The van der Waals surface area contributed by atoms with Crippen molar-refractivity contribution in [1.29, 1.82) is 0 Å². The van der Waals surface area contributed by atoms with Crippen molar-refractivity contribution in [2.24, 2.45) is 5.92 Å². The maximum absolute atomic E-state index is 11.3. The van der Waals surface area contributed by atoms with Crippen LogP contribution in [0.15, 0.2) is 30.3 Å². The monoisotopic (exact) mass is 312 g/mol. The molecule has 1 aliphatic carbocycles. The van der Waals surface area contributed by atoms with Gasteiger partial charge in [0.05, 0.1) is 0 Å². The Labute approximate surface area is 139 Å². The number of rotatable bonds is 3. The summed E-state index contributed by atoms with van der Waals surface area (Å²) in [6.45, 7) is 12.3. The van der Waals surface area contributed by atoms with Crippen LogP contribution in [0.25, 0.3) is 10.8 Å². The molecule has 23 heavy (non-hydrogen) atoms. The summed E-state index contributed by atoms with van der Waals surface area (Å²) in [5.41, 5.74) is 2.83. The molecule has 0 fully saturated rings. The van der Waals surface area contributed by atoms with Crippen LogP contribution in [0.1, 0.15) is 70.9 Å². The molecule has 0 amide bonds. The number of carbonyl (C=O) groups excluding carboxylic acids is 1. The van der Waals surface area contributed by atoms with E-state index in [-0.39, 0.29) is 5.97 Å². The zero-order valence-electron chi connectivity index (χ0n) is 15.1. The minimum atomic E-state index is -0.263. The summed E-state index contributed by atoms with van der Waals surface area (Å²) in [6, 6.07) is 10.5. The number of esters is 1. The summed E-state index contributed by atoms with van der Waals surface area (Å²) in [6.07, 6.45) is 1.14. The Morgan fingerprint density at radius 3 is 2.39 bits per heavy atom. The summed E-state index contributed by atoms with van der Waals surface area (Å²) in [5.74, 6) is 2.14. The highest BCUT2D eigenvalue weighted by molar-refractivity contribution is 5.97. The van der Waals surface area contributed by atoms with Crippen LogP contribution in [0.4, 0.5) is 0 Å². The molecule has 2 aromatic carbocycles. The second-order valence-electron chi connectivity index (χ2n) is 6.30. The summed E-state index contributed by atoms with van der Waals surface area (Å²) in [5, 5.41) is 2.38. The number of benzene rings is 2. The molecule has 2 nitrogen and oxygen atoms in total. The fraction of sp³-hybridized carbons (Fsp3) is 0.476. The van der Waals surface area contributed by atoms with Crippen LogP contribution in [-0.2, 0) is 4.79 Å². The predicted molar refractivity (Wildman–Crippen MR) is 97.2 cm³/mol. The Morgan fingerprint density at radius 2 is 1.83 bits per heavy atom. The van der Waals surface area contributed by atoms with Crippen molar-refractivity contribution in [1.82, 2.24) is 0 Å². The van der Waals surface area contributed by atoms with Crippen LogP contribution in [-0.4, -0.2) is 5.97 Å². The van der Waals surface area contributed by atoms with Crippen molar-refractivity contribution in [2.75, 3.05) is 0 Å². The molecule has 0 aromatic heterocycles. The zero-order valence-corrected chi connectivity index (χ0v) is 15.1. The maximum atomic E-state index is 11.3. The summed E-state index contributed by atoms with van der Waals surface area (Å²) < 4.78 is 5.39. The average molecular weight is 312 g/mol. The molecule has 0 N–H and O–H groups in total. The molecule has 0 saturated carbocycles. The van der Waals surface area contributed by atoms with Crippen molar-refractivity contribution in [2.45, 2.75) is 59.8 Å². The van der Waals surface area contributed by atoms with E-state index in [1.54, 1.807) is 0 Å². The number of hydrogen-bond acceptors (Lipinski definition) is 2. The molecular formula is C21H28O2. The quantitative estimate of drug-likeness (QED) is 0.510. The van der Waals surface area contributed by atoms with Crippen molar-refractivity contribution in [3.63, 3.8) is 0 Å². The molecule has 124 valence electrons. The first kappa shape index (κ1) is 17.5. The average Bonchev–Trinajstić information content (AvgIpc) is 2.87. The van der Waals surface area contributed by atoms with E-state index in [0.717, 1.165) is 11.8 Å². The predicted octanol–water partition coefficient (Wildman–Crippen LogP) is 6.04. The van der Waals surface area contributed by atoms with Crippen LogP contribution in [0.3, 0.4) is 0 Å². The number of hydrogen-bond donors (Lipinski definition) is 0. The third-order valence-electron chi connectivity index (χ3n) is 4.67. The van der Waals surface area contributed by atoms with Gasteiger partial charge in [-0.1, -0.05) is 58.9 Å². The molecule has 0 radical (unpaired) electrons. The summed E-state index contributed by atoms with van der Waals surface area (Å²) in [4.78, 5) is 11.3. The fourth-order valence-corrected chi connectivity index (χ4v) is 3.97. The van der Waals surface area contributed by atoms with E-state index in [9.17, 15) is 4.79 Å². The maximum Gasteiger partial charge on any atom is 0.308 e. The minimum Gasteiger partial charge on any atom is -0.426 e. The van der Waals surface area contributed by atoms with Gasteiger partial charge in [-0.15, -0.1) is 0 Å². The van der Waals surface area contributed by atoms with Gasteiger partial charge in [-0.05, 0) is 46.8 Å². The highest BCUT2D eigenvalue weighted by atomic mass is 16.5. The van der Waals surface area contributed by atoms with E-state index < -0.39 is 0 Å². The smallest absolute Gasteiger partial charge is 0.308 e. The standard InChI is InChI=1S/C19H22O2.C2H6/c1-5-13-14-7-6-8-15-17(21-12(4)20)10-9-16(19(14)15)18(13)11(2)3;1-2/h6-11,13,18H,5H2,1-4H3;1-2H3. The zero-order chi connectivity index (χ0) is 17.1. The Hall–Kier alpha value is -1.83. The van der Waals surface area contributed by atoms with Crippen LogP contribution < -0.4 is 4.74 Å². The largest absolute Gasteiger partial charge is 0.426 e. The van der Waals surface area contributed by atoms with Crippen molar-refractivity contribution >= 4 is 16.7 Å². The molecule has 2 aromatic rings. The molecule has 3 rings (SSSR count). The lowest BCUT2D eigenvalue weighted by molar-refractivity contribution is -0.131. The Balaban J connectivity index is 0.000000924. The van der Waals surface area contributed by atoms with Gasteiger partial charge in [0.2, 0.25) is 0 Å². The van der Waals surface area contributed by atoms with E-state index in [1.165, 1.54) is 23.4 Å². The second kappa shape index (κ2) is 7.16. The number of carbonyl (C=O) groups is 1.